The highest BCUT2D eigenvalue weighted by Gasteiger charge is 2.30. The predicted molar refractivity (Wildman–Crippen MR) is 79.5 cm³/mol. The molecule has 0 amide bonds. The van der Waals surface area contributed by atoms with E-state index in [4.69, 9.17) is 9.47 Å². The van der Waals surface area contributed by atoms with Gasteiger partial charge in [-0.2, -0.15) is 0 Å². The summed E-state index contributed by atoms with van der Waals surface area (Å²) in [6.45, 7) is 5.07. The van der Waals surface area contributed by atoms with Gasteiger partial charge in [-0.05, 0) is 64.2 Å². The molecule has 0 spiro atoms. The number of hydrogen-bond acceptors (Lipinski definition) is 3. The summed E-state index contributed by atoms with van der Waals surface area (Å²) in [4.78, 5) is 12.2. The Morgan fingerprint density at radius 1 is 0.900 bits per heavy atom. The van der Waals surface area contributed by atoms with Crippen molar-refractivity contribution in [3.8, 4) is 0 Å². The topological polar surface area (TPSA) is 35.5 Å². The minimum Gasteiger partial charge on any atom is -0.462 e. The fourth-order valence-corrected chi connectivity index (χ4v) is 3.62. The van der Waals surface area contributed by atoms with Crippen molar-refractivity contribution in [1.29, 1.82) is 0 Å². The molecule has 0 N–H and O–H groups in total. The van der Waals surface area contributed by atoms with Crippen molar-refractivity contribution in [1.82, 2.24) is 0 Å². The highest BCUT2D eigenvalue weighted by Crippen LogP contribution is 2.31. The van der Waals surface area contributed by atoms with Crippen LogP contribution in [0, 0.1) is 11.8 Å². The van der Waals surface area contributed by atoms with Gasteiger partial charge < -0.3 is 9.47 Å². The van der Waals surface area contributed by atoms with Crippen molar-refractivity contribution in [2.75, 3.05) is 6.61 Å². The van der Waals surface area contributed by atoms with Gasteiger partial charge >= 0.3 is 5.97 Å². The van der Waals surface area contributed by atoms with E-state index in [2.05, 4.69) is 6.92 Å². The summed E-state index contributed by atoms with van der Waals surface area (Å²) >= 11 is 0. The van der Waals surface area contributed by atoms with E-state index in [0.717, 1.165) is 51.0 Å². The van der Waals surface area contributed by atoms with Gasteiger partial charge in [-0.25, -0.2) is 0 Å². The van der Waals surface area contributed by atoms with Crippen LogP contribution in [0.2, 0.25) is 0 Å². The Kier molecular flexibility index (Phi) is 6.34. The summed E-state index contributed by atoms with van der Waals surface area (Å²) in [5, 5.41) is 0. The van der Waals surface area contributed by atoms with Crippen LogP contribution in [-0.2, 0) is 14.3 Å². The SMILES string of the molecule is CCOC1CCC(C(=O)OC2CCC(CC)CC2)CC1. The normalized spacial score (nSPS) is 34.7. The molecule has 0 bridgehead atoms. The van der Waals surface area contributed by atoms with Crippen molar-refractivity contribution in [2.45, 2.75) is 83.8 Å². The zero-order chi connectivity index (χ0) is 14.4. The first-order valence-corrected chi connectivity index (χ1v) is 8.55. The van der Waals surface area contributed by atoms with Crippen molar-refractivity contribution in [2.24, 2.45) is 11.8 Å². The number of hydrogen-bond donors (Lipinski definition) is 0. The monoisotopic (exact) mass is 282 g/mol. The summed E-state index contributed by atoms with van der Waals surface area (Å²) < 4.78 is 11.4. The third-order valence-electron chi connectivity index (χ3n) is 5.06. The van der Waals surface area contributed by atoms with E-state index in [1.807, 2.05) is 6.92 Å². The van der Waals surface area contributed by atoms with Crippen LogP contribution in [0.4, 0.5) is 0 Å². The van der Waals surface area contributed by atoms with Gasteiger partial charge in [-0.3, -0.25) is 4.79 Å². The van der Waals surface area contributed by atoms with Gasteiger partial charge in [0.15, 0.2) is 0 Å². The Bertz CT molecular complexity index is 287. The van der Waals surface area contributed by atoms with Crippen LogP contribution in [0.25, 0.3) is 0 Å². The Labute approximate surface area is 123 Å². The molecule has 0 unspecified atom stereocenters. The van der Waals surface area contributed by atoms with E-state index in [-0.39, 0.29) is 18.0 Å². The van der Waals surface area contributed by atoms with Gasteiger partial charge in [-0.1, -0.05) is 13.3 Å². The molecule has 0 aromatic heterocycles. The van der Waals surface area contributed by atoms with E-state index in [1.165, 1.54) is 19.3 Å². The average Bonchev–Trinajstić information content (AvgIpc) is 2.49. The van der Waals surface area contributed by atoms with Crippen LogP contribution in [0.15, 0.2) is 0 Å². The van der Waals surface area contributed by atoms with Gasteiger partial charge in [0.05, 0.1) is 12.0 Å². The molecule has 0 aliphatic heterocycles. The summed E-state index contributed by atoms with van der Waals surface area (Å²) in [5.41, 5.74) is 0. The zero-order valence-electron chi connectivity index (χ0n) is 13.1. The van der Waals surface area contributed by atoms with Crippen molar-refractivity contribution in [3.05, 3.63) is 0 Å². The molecule has 3 heteroatoms. The molecular weight excluding hydrogens is 252 g/mol. The number of rotatable bonds is 5. The van der Waals surface area contributed by atoms with Gasteiger partial charge in [0.1, 0.15) is 6.10 Å². The fourth-order valence-electron chi connectivity index (χ4n) is 3.62. The summed E-state index contributed by atoms with van der Waals surface area (Å²) in [7, 11) is 0. The molecule has 0 aromatic carbocycles. The highest BCUT2D eigenvalue weighted by molar-refractivity contribution is 5.72. The molecule has 3 nitrogen and oxygen atoms in total. The molecule has 0 heterocycles. The Morgan fingerprint density at radius 2 is 1.50 bits per heavy atom. The summed E-state index contributed by atoms with van der Waals surface area (Å²) in [6, 6.07) is 0. The van der Waals surface area contributed by atoms with E-state index in [0.29, 0.717) is 6.10 Å². The molecule has 2 rings (SSSR count). The second-order valence-electron chi connectivity index (χ2n) is 6.42. The molecule has 116 valence electrons. The molecule has 2 aliphatic carbocycles. The molecule has 0 atom stereocenters. The van der Waals surface area contributed by atoms with Crippen LogP contribution in [0.5, 0.6) is 0 Å². The molecule has 20 heavy (non-hydrogen) atoms. The Hall–Kier alpha value is -0.570. The molecule has 2 fully saturated rings. The molecule has 0 radical (unpaired) electrons. The zero-order valence-corrected chi connectivity index (χ0v) is 13.1. The molecule has 2 saturated carbocycles. The lowest BCUT2D eigenvalue weighted by atomic mass is 9.85. The number of carbonyl (C=O) groups excluding carboxylic acids is 1. The molecule has 2 aliphatic rings. The van der Waals surface area contributed by atoms with Gasteiger partial charge in [0.25, 0.3) is 0 Å². The van der Waals surface area contributed by atoms with Crippen molar-refractivity contribution in [3.63, 3.8) is 0 Å². The lowest BCUT2D eigenvalue weighted by molar-refractivity contribution is -0.158. The van der Waals surface area contributed by atoms with Crippen LogP contribution in [-0.4, -0.2) is 24.8 Å². The fraction of sp³-hybridized carbons (Fsp3) is 0.941. The molecule has 0 saturated heterocycles. The molecular formula is C17H30O3. The first-order valence-electron chi connectivity index (χ1n) is 8.55. The van der Waals surface area contributed by atoms with Gasteiger partial charge in [0.2, 0.25) is 0 Å². The van der Waals surface area contributed by atoms with Crippen LogP contribution in [0.1, 0.15) is 71.6 Å². The third kappa shape index (κ3) is 4.47. The van der Waals surface area contributed by atoms with Gasteiger partial charge in [0, 0.05) is 6.61 Å². The standard InChI is InChI=1S/C17H30O3/c1-3-13-5-9-16(10-6-13)20-17(18)14-7-11-15(12-8-14)19-4-2/h13-16H,3-12H2,1-2H3. The van der Waals surface area contributed by atoms with Crippen LogP contribution >= 0.6 is 0 Å². The van der Waals surface area contributed by atoms with E-state index >= 15 is 0 Å². The second-order valence-corrected chi connectivity index (χ2v) is 6.42. The number of esters is 1. The Morgan fingerprint density at radius 3 is 2.05 bits per heavy atom. The first kappa shape index (κ1) is 15.8. The Balaban J connectivity index is 1.68. The minimum atomic E-state index is 0.0555. The number of carbonyl (C=O) groups is 1. The van der Waals surface area contributed by atoms with Crippen LogP contribution in [0.3, 0.4) is 0 Å². The van der Waals surface area contributed by atoms with Crippen molar-refractivity contribution >= 4 is 5.97 Å². The average molecular weight is 282 g/mol. The first-order chi connectivity index (χ1) is 9.72. The van der Waals surface area contributed by atoms with Crippen molar-refractivity contribution < 1.29 is 14.3 Å². The van der Waals surface area contributed by atoms with E-state index in [9.17, 15) is 4.79 Å². The number of ether oxygens (including phenoxy) is 2. The summed E-state index contributed by atoms with van der Waals surface area (Å²) in [5.74, 6) is 1.03. The maximum absolute atomic E-state index is 12.2. The van der Waals surface area contributed by atoms with Crippen LogP contribution < -0.4 is 0 Å². The second kappa shape index (κ2) is 8.02. The summed E-state index contributed by atoms with van der Waals surface area (Å²) in [6.07, 6.45) is 10.3. The minimum absolute atomic E-state index is 0.0555. The van der Waals surface area contributed by atoms with Gasteiger partial charge in [-0.15, -0.1) is 0 Å². The third-order valence-corrected chi connectivity index (χ3v) is 5.06. The quantitative estimate of drug-likeness (QED) is 0.712. The smallest absolute Gasteiger partial charge is 0.309 e. The lowest BCUT2D eigenvalue weighted by Crippen LogP contribution is -2.31. The van der Waals surface area contributed by atoms with E-state index in [1.54, 1.807) is 0 Å². The van der Waals surface area contributed by atoms with E-state index < -0.39 is 0 Å². The maximum atomic E-state index is 12.2. The largest absolute Gasteiger partial charge is 0.462 e. The lowest BCUT2D eigenvalue weighted by Gasteiger charge is -2.31. The highest BCUT2D eigenvalue weighted by atomic mass is 16.5. The maximum Gasteiger partial charge on any atom is 0.309 e. The molecule has 0 aromatic rings. The predicted octanol–water partition coefficient (Wildman–Crippen LogP) is 4.09.